The Labute approximate surface area is 77.5 Å². The van der Waals surface area contributed by atoms with Crippen LogP contribution in [0.5, 0.6) is 0 Å². The fraction of sp³-hybridized carbons (Fsp3) is 0.600. The third-order valence-electron chi connectivity index (χ3n) is 2.73. The molecule has 0 aromatic carbocycles. The number of rotatable bonds is 1. The first kappa shape index (κ1) is 8.78. The van der Waals surface area contributed by atoms with Gasteiger partial charge in [0.15, 0.2) is 0 Å². The molecule has 3 heteroatoms. The highest BCUT2D eigenvalue weighted by molar-refractivity contribution is 5.29. The molecule has 3 nitrogen and oxygen atoms in total. The second-order valence-corrected chi connectivity index (χ2v) is 3.80. The van der Waals surface area contributed by atoms with Gasteiger partial charge >= 0.3 is 0 Å². The third kappa shape index (κ3) is 1.28. The second-order valence-electron chi connectivity index (χ2n) is 3.80. The summed E-state index contributed by atoms with van der Waals surface area (Å²) in [7, 11) is 0. The Morgan fingerprint density at radius 1 is 1.69 bits per heavy atom. The molecule has 0 saturated heterocycles. The molecule has 1 aromatic rings. The number of aryl methyl sites for hydroxylation is 2. The van der Waals surface area contributed by atoms with Gasteiger partial charge in [-0.2, -0.15) is 0 Å². The van der Waals surface area contributed by atoms with E-state index < -0.39 is 5.60 Å². The third-order valence-corrected chi connectivity index (χ3v) is 2.73. The molecule has 0 saturated carbocycles. The lowest BCUT2D eigenvalue weighted by molar-refractivity contribution is 0.00537. The summed E-state index contributed by atoms with van der Waals surface area (Å²) in [4.78, 5) is 0. The van der Waals surface area contributed by atoms with Crippen molar-refractivity contribution in [2.45, 2.75) is 31.8 Å². The average Bonchev–Trinajstić information content (AvgIpc) is 2.48. The molecule has 2 rings (SSSR count). The minimum atomic E-state index is -0.915. The summed E-state index contributed by atoms with van der Waals surface area (Å²) in [5.41, 5.74) is 5.76. The molecule has 13 heavy (non-hydrogen) atoms. The molecule has 0 spiro atoms. The number of hydrogen-bond acceptors (Lipinski definition) is 3. The van der Waals surface area contributed by atoms with Gasteiger partial charge in [0.2, 0.25) is 0 Å². The highest BCUT2D eigenvalue weighted by atomic mass is 16.4. The van der Waals surface area contributed by atoms with Gasteiger partial charge in [-0.1, -0.05) is 0 Å². The van der Waals surface area contributed by atoms with Gasteiger partial charge in [0.25, 0.3) is 0 Å². The van der Waals surface area contributed by atoms with Crippen molar-refractivity contribution in [1.82, 2.24) is 0 Å². The first-order valence-corrected chi connectivity index (χ1v) is 4.68. The largest absolute Gasteiger partial charge is 0.463 e. The summed E-state index contributed by atoms with van der Waals surface area (Å²) in [6.07, 6.45) is 2.69. The number of nitrogens with two attached hydrogens (primary N) is 1. The number of fused-ring (bicyclic) bond motifs is 1. The molecule has 1 aromatic heterocycles. The zero-order chi connectivity index (χ0) is 9.47. The van der Waals surface area contributed by atoms with E-state index in [4.69, 9.17) is 10.2 Å². The van der Waals surface area contributed by atoms with Crippen LogP contribution < -0.4 is 5.73 Å². The van der Waals surface area contributed by atoms with Gasteiger partial charge in [0, 0.05) is 6.54 Å². The molecule has 3 N–H and O–H groups in total. The van der Waals surface area contributed by atoms with Crippen LogP contribution in [-0.4, -0.2) is 11.7 Å². The molecule has 0 bridgehead atoms. The van der Waals surface area contributed by atoms with Crippen LogP contribution in [-0.2, 0) is 12.0 Å². The Morgan fingerprint density at radius 2 is 2.46 bits per heavy atom. The predicted molar refractivity (Wildman–Crippen MR) is 49.3 cm³/mol. The van der Waals surface area contributed by atoms with Crippen LogP contribution in [0.3, 0.4) is 0 Å². The first-order chi connectivity index (χ1) is 6.15. The highest BCUT2D eigenvalue weighted by Gasteiger charge is 2.36. The van der Waals surface area contributed by atoms with Crippen molar-refractivity contribution in [1.29, 1.82) is 0 Å². The zero-order valence-electron chi connectivity index (χ0n) is 7.84. The maximum atomic E-state index is 10.1. The van der Waals surface area contributed by atoms with Crippen LogP contribution in [0.2, 0.25) is 0 Å². The van der Waals surface area contributed by atoms with Crippen LogP contribution in [0.1, 0.15) is 29.9 Å². The molecule has 0 radical (unpaired) electrons. The van der Waals surface area contributed by atoms with E-state index in [1.54, 1.807) is 0 Å². The Bertz CT molecular complexity index is 319. The maximum absolute atomic E-state index is 10.1. The van der Waals surface area contributed by atoms with E-state index >= 15 is 0 Å². The van der Waals surface area contributed by atoms with E-state index in [0.717, 1.165) is 24.2 Å². The summed E-state index contributed by atoms with van der Waals surface area (Å²) in [6, 6.07) is 2.00. The fourth-order valence-corrected chi connectivity index (χ4v) is 2.03. The summed E-state index contributed by atoms with van der Waals surface area (Å²) in [6.45, 7) is 2.14. The van der Waals surface area contributed by atoms with Gasteiger partial charge < -0.3 is 15.3 Å². The molecule has 0 aliphatic heterocycles. The van der Waals surface area contributed by atoms with Crippen molar-refractivity contribution in [2.24, 2.45) is 5.73 Å². The fourth-order valence-electron chi connectivity index (χ4n) is 2.03. The molecule has 1 atom stereocenters. The molecular formula is C10H15NO2. The van der Waals surface area contributed by atoms with Crippen molar-refractivity contribution in [3.8, 4) is 0 Å². The highest BCUT2D eigenvalue weighted by Crippen LogP contribution is 2.36. The number of furan rings is 1. The zero-order valence-corrected chi connectivity index (χ0v) is 7.84. The van der Waals surface area contributed by atoms with Gasteiger partial charge in [-0.25, -0.2) is 0 Å². The van der Waals surface area contributed by atoms with Crippen LogP contribution in [0.25, 0.3) is 0 Å². The molecule has 1 unspecified atom stereocenters. The molecule has 0 amide bonds. The molecular weight excluding hydrogens is 166 g/mol. The average molecular weight is 181 g/mol. The Kier molecular flexibility index (Phi) is 1.93. The van der Waals surface area contributed by atoms with Crippen LogP contribution >= 0.6 is 0 Å². The minimum absolute atomic E-state index is 0.243. The maximum Gasteiger partial charge on any atom is 0.140 e. The molecule has 1 aliphatic carbocycles. The minimum Gasteiger partial charge on any atom is -0.463 e. The van der Waals surface area contributed by atoms with Gasteiger partial charge in [0.05, 0.1) is 0 Å². The topological polar surface area (TPSA) is 59.4 Å². The van der Waals surface area contributed by atoms with Crippen LogP contribution in [0.15, 0.2) is 10.5 Å². The van der Waals surface area contributed by atoms with Crippen LogP contribution in [0.4, 0.5) is 0 Å². The number of hydrogen-bond donors (Lipinski definition) is 2. The van der Waals surface area contributed by atoms with Crippen molar-refractivity contribution >= 4 is 0 Å². The second kappa shape index (κ2) is 2.86. The summed E-state index contributed by atoms with van der Waals surface area (Å²) in [5.74, 6) is 1.55. The Balaban J connectivity index is 2.47. The van der Waals surface area contributed by atoms with Crippen molar-refractivity contribution in [3.05, 3.63) is 23.2 Å². The summed E-state index contributed by atoms with van der Waals surface area (Å²) >= 11 is 0. The predicted octanol–water partition coefficient (Wildman–Crippen LogP) is 1.07. The normalized spacial score (nSPS) is 27.3. The van der Waals surface area contributed by atoms with E-state index in [0.29, 0.717) is 12.2 Å². The van der Waals surface area contributed by atoms with Gasteiger partial charge in [-0.05, 0) is 37.8 Å². The summed E-state index contributed by atoms with van der Waals surface area (Å²) < 4.78 is 5.48. The van der Waals surface area contributed by atoms with E-state index in [1.165, 1.54) is 0 Å². The van der Waals surface area contributed by atoms with Gasteiger partial charge in [-0.3, -0.25) is 0 Å². The SMILES string of the molecule is Cc1cc2c(o1)C(O)(CN)CCC2. The lowest BCUT2D eigenvalue weighted by Crippen LogP contribution is -2.37. The lowest BCUT2D eigenvalue weighted by Gasteiger charge is -2.29. The standard InChI is InChI=1S/C10H15NO2/c1-7-5-8-3-2-4-10(12,6-11)9(8)13-7/h5,12H,2-4,6,11H2,1H3. The van der Waals surface area contributed by atoms with Crippen molar-refractivity contribution in [2.75, 3.05) is 6.54 Å². The van der Waals surface area contributed by atoms with E-state index in [2.05, 4.69) is 0 Å². The van der Waals surface area contributed by atoms with Gasteiger partial charge in [0.1, 0.15) is 17.1 Å². The smallest absolute Gasteiger partial charge is 0.140 e. The summed E-state index contributed by atoms with van der Waals surface area (Å²) in [5, 5.41) is 10.1. The van der Waals surface area contributed by atoms with E-state index in [-0.39, 0.29) is 6.54 Å². The lowest BCUT2D eigenvalue weighted by atomic mass is 9.85. The molecule has 72 valence electrons. The monoisotopic (exact) mass is 181 g/mol. The quantitative estimate of drug-likeness (QED) is 0.681. The Hall–Kier alpha value is -0.800. The molecule has 1 heterocycles. The van der Waals surface area contributed by atoms with Crippen LogP contribution in [0, 0.1) is 6.92 Å². The first-order valence-electron chi connectivity index (χ1n) is 4.68. The molecule has 0 fully saturated rings. The Morgan fingerprint density at radius 3 is 3.15 bits per heavy atom. The van der Waals surface area contributed by atoms with Gasteiger partial charge in [-0.15, -0.1) is 0 Å². The van der Waals surface area contributed by atoms with Crippen molar-refractivity contribution < 1.29 is 9.52 Å². The van der Waals surface area contributed by atoms with Crippen molar-refractivity contribution in [3.63, 3.8) is 0 Å². The van der Waals surface area contributed by atoms with E-state index in [1.807, 2.05) is 13.0 Å². The molecule has 1 aliphatic rings. The van der Waals surface area contributed by atoms with E-state index in [9.17, 15) is 5.11 Å². The number of aliphatic hydroxyl groups is 1.